The molecule has 1 aromatic carbocycles. The maximum atomic E-state index is 13.3. The molecule has 3 aromatic heterocycles. The van der Waals surface area contributed by atoms with E-state index >= 15 is 0 Å². The van der Waals surface area contributed by atoms with Crippen LogP contribution in [0.1, 0.15) is 48.0 Å². The van der Waals surface area contributed by atoms with Crippen molar-refractivity contribution in [1.82, 2.24) is 15.0 Å². The van der Waals surface area contributed by atoms with Gasteiger partial charge in [0, 0.05) is 9.75 Å². The van der Waals surface area contributed by atoms with E-state index in [2.05, 4.69) is 36.4 Å². The van der Waals surface area contributed by atoms with E-state index in [1.807, 2.05) is 30.3 Å². The SMILES string of the molecule is CC(C)(C)C1CCc2c(sc3nnn(CC(=O)Nc4sc(-c5ccccc5)cc4C(N)=O)c(=O)c23)C1. The highest BCUT2D eigenvalue weighted by Crippen LogP contribution is 2.42. The molecule has 1 unspecified atom stereocenters. The standard InChI is InChI=1S/C26H27N5O3S2/c1-26(2,3)15-9-10-16-19(11-15)36-24-21(16)25(34)31(30-29-24)13-20(32)28-23-17(22(27)33)12-18(35-23)14-7-5-4-6-8-14/h4-8,12,15H,9-11,13H2,1-3H3,(H2,27,33)(H,28,32). The number of nitrogens with two attached hydrogens (primary N) is 1. The molecule has 2 amide bonds. The third kappa shape index (κ3) is 4.58. The summed E-state index contributed by atoms with van der Waals surface area (Å²) < 4.78 is 1.09. The van der Waals surface area contributed by atoms with Crippen LogP contribution >= 0.6 is 22.7 Å². The average molecular weight is 522 g/mol. The fraction of sp³-hybridized carbons (Fsp3) is 0.346. The van der Waals surface area contributed by atoms with E-state index < -0.39 is 11.8 Å². The number of anilines is 1. The van der Waals surface area contributed by atoms with Crippen molar-refractivity contribution >= 4 is 49.7 Å². The van der Waals surface area contributed by atoms with Crippen LogP contribution in [0.4, 0.5) is 5.00 Å². The summed E-state index contributed by atoms with van der Waals surface area (Å²) in [5, 5.41) is 11.9. The highest BCUT2D eigenvalue weighted by atomic mass is 32.1. The lowest BCUT2D eigenvalue weighted by molar-refractivity contribution is -0.117. The molecule has 0 aliphatic heterocycles. The second-order valence-electron chi connectivity index (χ2n) is 10.2. The van der Waals surface area contributed by atoms with Gasteiger partial charge < -0.3 is 11.1 Å². The van der Waals surface area contributed by atoms with Gasteiger partial charge in [-0.2, -0.15) is 0 Å². The van der Waals surface area contributed by atoms with Crippen LogP contribution in [0.3, 0.4) is 0 Å². The number of fused-ring (bicyclic) bond motifs is 3. The molecule has 36 heavy (non-hydrogen) atoms. The fourth-order valence-electron chi connectivity index (χ4n) is 4.68. The van der Waals surface area contributed by atoms with Gasteiger partial charge in [-0.05, 0) is 47.8 Å². The molecule has 0 spiro atoms. The first kappa shape index (κ1) is 24.3. The molecular formula is C26H27N5O3S2. The summed E-state index contributed by atoms with van der Waals surface area (Å²) in [5.74, 6) is -0.572. The van der Waals surface area contributed by atoms with Gasteiger partial charge in [0.1, 0.15) is 11.5 Å². The summed E-state index contributed by atoms with van der Waals surface area (Å²) in [6.07, 6.45) is 2.77. The normalized spacial score (nSPS) is 15.6. The van der Waals surface area contributed by atoms with Crippen LogP contribution < -0.4 is 16.6 Å². The first-order valence-corrected chi connectivity index (χ1v) is 13.4. The van der Waals surface area contributed by atoms with Gasteiger partial charge in [0.25, 0.3) is 11.5 Å². The number of nitrogens with one attached hydrogen (secondary N) is 1. The van der Waals surface area contributed by atoms with E-state index in [4.69, 9.17) is 5.73 Å². The van der Waals surface area contributed by atoms with Crippen LogP contribution in [0, 0.1) is 11.3 Å². The minimum absolute atomic E-state index is 0.198. The number of hydrogen-bond donors (Lipinski definition) is 2. The predicted molar refractivity (Wildman–Crippen MR) is 144 cm³/mol. The summed E-state index contributed by atoms with van der Waals surface area (Å²) >= 11 is 2.79. The van der Waals surface area contributed by atoms with E-state index in [0.717, 1.165) is 39.9 Å². The fourth-order valence-corrected chi connectivity index (χ4v) is 7.00. The number of nitrogens with zero attached hydrogens (tertiary/aromatic N) is 3. The van der Waals surface area contributed by atoms with Crippen molar-refractivity contribution in [2.24, 2.45) is 17.1 Å². The Labute approximate surface area is 216 Å². The highest BCUT2D eigenvalue weighted by molar-refractivity contribution is 7.20. The van der Waals surface area contributed by atoms with Gasteiger partial charge in [-0.15, -0.1) is 27.8 Å². The van der Waals surface area contributed by atoms with Crippen molar-refractivity contribution in [3.05, 3.63) is 62.8 Å². The minimum Gasteiger partial charge on any atom is -0.366 e. The Hall–Kier alpha value is -3.37. The van der Waals surface area contributed by atoms with Gasteiger partial charge in [0.05, 0.1) is 10.9 Å². The molecule has 8 nitrogen and oxygen atoms in total. The smallest absolute Gasteiger partial charge is 0.279 e. The van der Waals surface area contributed by atoms with Gasteiger partial charge in [0.2, 0.25) is 5.91 Å². The number of amides is 2. The number of carbonyl (C=O) groups excluding carboxylic acids is 2. The van der Waals surface area contributed by atoms with Crippen LogP contribution in [0.5, 0.6) is 0 Å². The molecular weight excluding hydrogens is 494 g/mol. The topological polar surface area (TPSA) is 120 Å². The maximum Gasteiger partial charge on any atom is 0.279 e. The monoisotopic (exact) mass is 521 g/mol. The molecule has 0 bridgehead atoms. The Morgan fingerprint density at radius 3 is 2.64 bits per heavy atom. The average Bonchev–Trinajstić information content (AvgIpc) is 3.42. The Morgan fingerprint density at radius 1 is 1.19 bits per heavy atom. The van der Waals surface area contributed by atoms with E-state index in [-0.39, 0.29) is 23.1 Å². The minimum atomic E-state index is -0.638. The number of benzene rings is 1. The number of primary amides is 1. The molecule has 4 aromatic rings. The third-order valence-electron chi connectivity index (χ3n) is 6.77. The van der Waals surface area contributed by atoms with Crippen molar-refractivity contribution in [3.8, 4) is 10.4 Å². The Kier molecular flexibility index (Phi) is 6.25. The van der Waals surface area contributed by atoms with Gasteiger partial charge in [-0.3, -0.25) is 14.4 Å². The van der Waals surface area contributed by atoms with Crippen molar-refractivity contribution < 1.29 is 9.59 Å². The molecule has 0 radical (unpaired) electrons. The first-order chi connectivity index (χ1) is 17.1. The molecule has 10 heteroatoms. The van der Waals surface area contributed by atoms with Crippen molar-refractivity contribution in [2.75, 3.05) is 5.32 Å². The van der Waals surface area contributed by atoms with E-state index in [1.165, 1.54) is 27.6 Å². The second-order valence-corrected chi connectivity index (χ2v) is 12.3. The molecule has 1 atom stereocenters. The number of carbonyl (C=O) groups is 2. The third-order valence-corrected chi connectivity index (χ3v) is 9.00. The van der Waals surface area contributed by atoms with E-state index in [1.54, 1.807) is 6.07 Å². The second kappa shape index (κ2) is 9.25. The summed E-state index contributed by atoms with van der Waals surface area (Å²) in [6.45, 7) is 6.44. The van der Waals surface area contributed by atoms with Gasteiger partial charge in [0.15, 0.2) is 4.83 Å². The lowest BCUT2D eigenvalue weighted by Crippen LogP contribution is -2.31. The van der Waals surface area contributed by atoms with Gasteiger partial charge in [-0.25, -0.2) is 4.68 Å². The van der Waals surface area contributed by atoms with Gasteiger partial charge >= 0.3 is 0 Å². The van der Waals surface area contributed by atoms with Crippen LogP contribution in [-0.4, -0.2) is 26.8 Å². The summed E-state index contributed by atoms with van der Waals surface area (Å²) in [6, 6.07) is 11.2. The molecule has 3 heterocycles. The number of rotatable bonds is 5. The molecule has 0 saturated heterocycles. The number of aromatic nitrogens is 3. The van der Waals surface area contributed by atoms with Crippen molar-refractivity contribution in [3.63, 3.8) is 0 Å². The Balaban J connectivity index is 1.40. The first-order valence-electron chi connectivity index (χ1n) is 11.8. The number of thiophene rings is 2. The number of hydrogen-bond acceptors (Lipinski definition) is 7. The summed E-state index contributed by atoms with van der Waals surface area (Å²) in [7, 11) is 0. The summed E-state index contributed by atoms with van der Waals surface area (Å²) in [4.78, 5) is 40.8. The summed E-state index contributed by atoms with van der Waals surface area (Å²) in [5.41, 5.74) is 7.62. The maximum absolute atomic E-state index is 13.3. The zero-order chi connectivity index (χ0) is 25.6. The molecule has 186 valence electrons. The lowest BCUT2D eigenvalue weighted by Gasteiger charge is -2.33. The quantitative estimate of drug-likeness (QED) is 0.402. The Morgan fingerprint density at radius 2 is 1.94 bits per heavy atom. The van der Waals surface area contributed by atoms with Crippen LogP contribution in [0.2, 0.25) is 0 Å². The largest absolute Gasteiger partial charge is 0.366 e. The molecule has 3 N–H and O–H groups in total. The molecule has 0 saturated carbocycles. The number of aryl methyl sites for hydroxylation is 1. The molecule has 1 aliphatic rings. The lowest BCUT2D eigenvalue weighted by atomic mass is 9.72. The van der Waals surface area contributed by atoms with E-state index in [0.29, 0.717) is 21.1 Å². The predicted octanol–water partition coefficient (Wildman–Crippen LogP) is 4.47. The molecule has 5 rings (SSSR count). The van der Waals surface area contributed by atoms with Crippen LogP contribution in [0.25, 0.3) is 20.7 Å². The molecule has 0 fully saturated rings. The van der Waals surface area contributed by atoms with Crippen molar-refractivity contribution in [2.45, 2.75) is 46.6 Å². The van der Waals surface area contributed by atoms with Gasteiger partial charge in [-0.1, -0.05) is 56.3 Å². The van der Waals surface area contributed by atoms with Crippen LogP contribution in [0.15, 0.2) is 41.2 Å². The Bertz CT molecular complexity index is 1530. The molecule has 1 aliphatic carbocycles. The zero-order valence-corrected chi connectivity index (χ0v) is 22.0. The van der Waals surface area contributed by atoms with E-state index in [9.17, 15) is 14.4 Å². The van der Waals surface area contributed by atoms with Crippen molar-refractivity contribution in [1.29, 1.82) is 0 Å². The van der Waals surface area contributed by atoms with Crippen LogP contribution in [-0.2, 0) is 24.2 Å². The zero-order valence-electron chi connectivity index (χ0n) is 20.3. The highest BCUT2D eigenvalue weighted by Gasteiger charge is 2.32.